The van der Waals surface area contributed by atoms with E-state index in [9.17, 15) is 18.5 Å². The van der Waals surface area contributed by atoms with Gasteiger partial charge in [0.2, 0.25) is 0 Å². The molecule has 1 rings (SSSR count). The molecule has 0 atom stereocenters. The van der Waals surface area contributed by atoms with Gasteiger partial charge in [0.05, 0.1) is 18.1 Å². The van der Waals surface area contributed by atoms with Crippen LogP contribution in [0.4, 0.5) is 5.69 Å². The van der Waals surface area contributed by atoms with Gasteiger partial charge in [-0.05, 0) is 6.07 Å². The highest BCUT2D eigenvalue weighted by Gasteiger charge is 2.15. The Labute approximate surface area is 91.0 Å². The van der Waals surface area contributed by atoms with E-state index in [4.69, 9.17) is 4.74 Å². The van der Waals surface area contributed by atoms with E-state index in [1.807, 2.05) is 0 Å². The summed E-state index contributed by atoms with van der Waals surface area (Å²) in [4.78, 5) is 9.78. The average Bonchev–Trinajstić information content (AvgIpc) is 2.15. The van der Waals surface area contributed by atoms with Crippen LogP contribution in [0.2, 0.25) is 0 Å². The Hall–Kier alpha value is -1.87. The van der Waals surface area contributed by atoms with Gasteiger partial charge in [-0.3, -0.25) is 10.1 Å². The van der Waals surface area contributed by atoms with Crippen LogP contribution in [0, 0.1) is 10.1 Å². The summed E-state index contributed by atoms with van der Waals surface area (Å²) in [7, 11) is -2.98. The normalized spacial score (nSPS) is 10.9. The second-order valence-electron chi connectivity index (χ2n) is 2.67. The van der Waals surface area contributed by atoms with Crippen molar-refractivity contribution in [1.82, 2.24) is 0 Å². The molecule has 1 aromatic rings. The number of hydrogen-bond donors (Lipinski definition) is 1. The summed E-state index contributed by atoms with van der Waals surface area (Å²) >= 11 is 0. The van der Waals surface area contributed by atoms with Crippen LogP contribution in [0.3, 0.4) is 0 Å². The van der Waals surface area contributed by atoms with Crippen LogP contribution in [0.25, 0.3) is 0 Å². The number of ether oxygens (including phenoxy) is 1. The van der Waals surface area contributed by atoms with Crippen molar-refractivity contribution in [3.05, 3.63) is 28.3 Å². The number of nitro groups is 1. The number of benzene rings is 1. The number of nitrogens with zero attached hydrogens (tertiary/aromatic N) is 1. The zero-order valence-corrected chi connectivity index (χ0v) is 8.93. The molecular weight excluding hydrogens is 240 g/mol. The van der Waals surface area contributed by atoms with Crippen molar-refractivity contribution in [1.29, 1.82) is 0 Å². The first-order valence-corrected chi connectivity index (χ1v) is 5.35. The first kappa shape index (κ1) is 12.2. The molecule has 1 aromatic carbocycles. The quantitative estimate of drug-likeness (QED) is 0.599. The molecule has 0 bridgehead atoms. The molecule has 9 heteroatoms. The van der Waals surface area contributed by atoms with Gasteiger partial charge in [-0.15, -0.1) is 0 Å². The SMILES string of the molecule is COc1cc([N+](=O)[O-])ccc1OS(N)(=O)=O. The second-order valence-corrected chi connectivity index (χ2v) is 3.82. The van der Waals surface area contributed by atoms with E-state index in [2.05, 4.69) is 9.32 Å². The molecule has 0 aliphatic carbocycles. The second kappa shape index (κ2) is 4.33. The van der Waals surface area contributed by atoms with Gasteiger partial charge >= 0.3 is 10.3 Å². The lowest BCUT2D eigenvalue weighted by atomic mass is 10.3. The van der Waals surface area contributed by atoms with Crippen molar-refractivity contribution in [3.63, 3.8) is 0 Å². The van der Waals surface area contributed by atoms with Gasteiger partial charge in [-0.25, -0.2) is 0 Å². The van der Waals surface area contributed by atoms with Crippen molar-refractivity contribution in [2.75, 3.05) is 7.11 Å². The Morgan fingerprint density at radius 2 is 2.00 bits per heavy atom. The Morgan fingerprint density at radius 3 is 2.44 bits per heavy atom. The smallest absolute Gasteiger partial charge is 0.380 e. The predicted octanol–water partition coefficient (Wildman–Crippen LogP) is 0.186. The summed E-state index contributed by atoms with van der Waals surface area (Å²) in [6.45, 7) is 0. The Bertz CT molecular complexity index is 512. The van der Waals surface area contributed by atoms with Crippen LogP contribution >= 0.6 is 0 Å². The summed E-state index contributed by atoms with van der Waals surface area (Å²) in [5.74, 6) is -0.307. The molecule has 88 valence electrons. The molecule has 0 radical (unpaired) electrons. The predicted molar refractivity (Wildman–Crippen MR) is 53.4 cm³/mol. The first-order valence-electron chi connectivity index (χ1n) is 3.88. The highest BCUT2D eigenvalue weighted by molar-refractivity contribution is 7.84. The van der Waals surface area contributed by atoms with Gasteiger partial charge in [0.25, 0.3) is 5.69 Å². The highest BCUT2D eigenvalue weighted by atomic mass is 32.2. The van der Waals surface area contributed by atoms with Gasteiger partial charge in [0, 0.05) is 6.07 Å². The molecule has 0 heterocycles. The minimum atomic E-state index is -4.19. The van der Waals surface area contributed by atoms with Crippen LogP contribution in [0.5, 0.6) is 11.5 Å². The minimum absolute atomic E-state index is 0.0942. The lowest BCUT2D eigenvalue weighted by molar-refractivity contribution is -0.384. The van der Waals surface area contributed by atoms with Crippen molar-refractivity contribution < 1.29 is 22.3 Å². The van der Waals surface area contributed by atoms with E-state index in [1.54, 1.807) is 0 Å². The number of rotatable bonds is 4. The van der Waals surface area contributed by atoms with Crippen molar-refractivity contribution in [2.24, 2.45) is 5.14 Å². The summed E-state index contributed by atoms with van der Waals surface area (Å²) < 4.78 is 30.4. The molecule has 8 nitrogen and oxygen atoms in total. The van der Waals surface area contributed by atoms with E-state index in [-0.39, 0.29) is 17.2 Å². The number of nitrogens with two attached hydrogens (primary N) is 1. The van der Waals surface area contributed by atoms with Crippen molar-refractivity contribution in [3.8, 4) is 11.5 Å². The molecule has 0 amide bonds. The molecule has 2 N–H and O–H groups in total. The fourth-order valence-corrected chi connectivity index (χ4v) is 1.35. The van der Waals surface area contributed by atoms with Crippen molar-refractivity contribution in [2.45, 2.75) is 0 Å². The van der Waals surface area contributed by atoms with E-state index >= 15 is 0 Å². The number of non-ortho nitro benzene ring substituents is 1. The molecule has 16 heavy (non-hydrogen) atoms. The monoisotopic (exact) mass is 248 g/mol. The summed E-state index contributed by atoms with van der Waals surface area (Å²) in [6, 6.07) is 3.19. The van der Waals surface area contributed by atoms with Gasteiger partial charge in [0.1, 0.15) is 0 Å². The number of nitro benzene ring substituents is 1. The fraction of sp³-hybridized carbons (Fsp3) is 0.143. The average molecular weight is 248 g/mol. The zero-order chi connectivity index (χ0) is 12.3. The Kier molecular flexibility index (Phi) is 3.30. The number of hydrogen-bond acceptors (Lipinski definition) is 6. The molecule has 0 fully saturated rings. The number of methoxy groups -OCH3 is 1. The van der Waals surface area contributed by atoms with E-state index in [0.717, 1.165) is 18.2 Å². The first-order chi connectivity index (χ1) is 7.33. The molecule has 0 aliphatic rings. The van der Waals surface area contributed by atoms with Crippen LogP contribution in [0.1, 0.15) is 0 Å². The Morgan fingerprint density at radius 1 is 1.38 bits per heavy atom. The molecule has 0 spiro atoms. The van der Waals surface area contributed by atoms with Crippen LogP contribution in [-0.4, -0.2) is 20.5 Å². The Balaban J connectivity index is 3.17. The lowest BCUT2D eigenvalue weighted by Gasteiger charge is -2.07. The fourth-order valence-electron chi connectivity index (χ4n) is 0.964. The molecule has 0 saturated heterocycles. The third-order valence-corrected chi connectivity index (χ3v) is 1.98. The van der Waals surface area contributed by atoms with E-state index in [0.29, 0.717) is 0 Å². The largest absolute Gasteiger partial charge is 0.493 e. The van der Waals surface area contributed by atoms with Gasteiger partial charge in [-0.1, -0.05) is 0 Å². The van der Waals surface area contributed by atoms with Gasteiger partial charge in [-0.2, -0.15) is 13.6 Å². The van der Waals surface area contributed by atoms with Crippen LogP contribution < -0.4 is 14.1 Å². The summed E-state index contributed by atoms with van der Waals surface area (Å²) in [5.41, 5.74) is -0.251. The third kappa shape index (κ3) is 3.07. The molecule has 0 aliphatic heterocycles. The van der Waals surface area contributed by atoms with E-state index < -0.39 is 15.2 Å². The highest BCUT2D eigenvalue weighted by Crippen LogP contribution is 2.31. The maximum Gasteiger partial charge on any atom is 0.380 e. The van der Waals surface area contributed by atoms with E-state index in [1.165, 1.54) is 7.11 Å². The van der Waals surface area contributed by atoms with Crippen LogP contribution in [-0.2, 0) is 10.3 Å². The standard InChI is InChI=1S/C7H8N2O6S/c1-14-7-4-5(9(10)11)2-3-6(7)15-16(8,12)13/h2-4H,1H3,(H2,8,12,13). The maximum atomic E-state index is 10.7. The maximum absolute atomic E-state index is 10.7. The van der Waals surface area contributed by atoms with Gasteiger partial charge < -0.3 is 8.92 Å². The lowest BCUT2D eigenvalue weighted by Crippen LogP contribution is -2.19. The summed E-state index contributed by atoms with van der Waals surface area (Å²) in [5, 5.41) is 15.1. The topological polar surface area (TPSA) is 122 Å². The minimum Gasteiger partial charge on any atom is -0.493 e. The van der Waals surface area contributed by atoms with Crippen molar-refractivity contribution >= 4 is 16.0 Å². The van der Waals surface area contributed by atoms with Crippen LogP contribution in [0.15, 0.2) is 18.2 Å². The van der Waals surface area contributed by atoms with Gasteiger partial charge in [0.15, 0.2) is 11.5 Å². The third-order valence-electron chi connectivity index (χ3n) is 1.56. The summed E-state index contributed by atoms with van der Waals surface area (Å²) in [6.07, 6.45) is 0. The zero-order valence-electron chi connectivity index (χ0n) is 8.11. The molecule has 0 saturated carbocycles. The molecule has 0 unspecified atom stereocenters. The molecular formula is C7H8N2O6S. The molecule has 0 aromatic heterocycles.